The van der Waals surface area contributed by atoms with Gasteiger partial charge in [0.1, 0.15) is 6.10 Å². The molecule has 0 bridgehead atoms. The third kappa shape index (κ3) is 3.27. The Labute approximate surface area is 139 Å². The molecule has 5 heteroatoms. The molecule has 0 aliphatic carbocycles. The minimum atomic E-state index is -0.228. The van der Waals surface area contributed by atoms with E-state index in [0.717, 1.165) is 12.0 Å². The second-order valence-corrected chi connectivity index (χ2v) is 5.99. The third-order valence-electron chi connectivity index (χ3n) is 3.72. The van der Waals surface area contributed by atoms with Gasteiger partial charge >= 0.3 is 0 Å². The second-order valence-electron chi connectivity index (χ2n) is 5.14. The van der Waals surface area contributed by atoms with Crippen molar-refractivity contribution >= 4 is 29.1 Å². The summed E-state index contributed by atoms with van der Waals surface area (Å²) in [6.07, 6.45) is 0.781. The van der Waals surface area contributed by atoms with Crippen LogP contribution in [0.5, 0.6) is 0 Å². The topological polar surface area (TPSA) is 38.3 Å². The number of fused-ring (bicyclic) bond motifs is 1. The number of hydrogen-bond acceptors (Lipinski definition) is 2. The number of benzene rings is 2. The molecule has 0 aromatic heterocycles. The molecular formula is C17H15Cl2NO2. The summed E-state index contributed by atoms with van der Waals surface area (Å²) in [5, 5.41) is 3.73. The predicted molar refractivity (Wildman–Crippen MR) is 87.6 cm³/mol. The minimum absolute atomic E-state index is 0.125. The summed E-state index contributed by atoms with van der Waals surface area (Å²) in [5.74, 6) is -0.228. The van der Waals surface area contributed by atoms with Crippen LogP contribution in [0.25, 0.3) is 0 Å². The molecule has 0 saturated heterocycles. The molecule has 0 unspecified atom stereocenters. The predicted octanol–water partition coefficient (Wildman–Crippen LogP) is 4.04. The van der Waals surface area contributed by atoms with Crippen molar-refractivity contribution in [2.45, 2.75) is 12.5 Å². The molecule has 3 rings (SSSR count). The first-order chi connectivity index (χ1) is 10.6. The Balaban J connectivity index is 1.69. The van der Waals surface area contributed by atoms with Crippen molar-refractivity contribution in [2.75, 3.05) is 13.2 Å². The Kier molecular flexibility index (Phi) is 4.67. The molecule has 114 valence electrons. The van der Waals surface area contributed by atoms with Gasteiger partial charge < -0.3 is 10.1 Å². The standard InChI is InChI=1S/C17H15Cl2NO2/c18-12-5-6-14(15(19)9-12)17(21)20-10-16-13-4-2-1-3-11(13)7-8-22-16/h1-6,9,16H,7-8,10H2,(H,20,21)/t16-/m0/s1. The van der Waals surface area contributed by atoms with Crippen molar-refractivity contribution in [1.29, 1.82) is 0 Å². The van der Waals surface area contributed by atoms with E-state index in [1.54, 1.807) is 18.2 Å². The summed E-state index contributed by atoms with van der Waals surface area (Å²) in [6, 6.07) is 13.0. The molecular weight excluding hydrogens is 321 g/mol. The normalized spacial score (nSPS) is 16.9. The molecule has 0 saturated carbocycles. The lowest BCUT2D eigenvalue weighted by Gasteiger charge is -2.26. The van der Waals surface area contributed by atoms with Gasteiger partial charge in [0.15, 0.2) is 0 Å². The Morgan fingerprint density at radius 3 is 2.86 bits per heavy atom. The van der Waals surface area contributed by atoms with E-state index in [9.17, 15) is 4.79 Å². The summed E-state index contributed by atoms with van der Waals surface area (Å²) in [6.45, 7) is 1.08. The summed E-state index contributed by atoms with van der Waals surface area (Å²) < 4.78 is 5.77. The summed E-state index contributed by atoms with van der Waals surface area (Å²) >= 11 is 11.9. The molecule has 1 atom stereocenters. The average Bonchev–Trinajstić information content (AvgIpc) is 2.52. The van der Waals surface area contributed by atoms with Gasteiger partial charge in [0.05, 0.1) is 17.2 Å². The third-order valence-corrected chi connectivity index (χ3v) is 4.26. The first kappa shape index (κ1) is 15.3. The van der Waals surface area contributed by atoms with Crippen molar-refractivity contribution in [3.05, 3.63) is 69.2 Å². The number of carbonyl (C=O) groups is 1. The molecule has 0 radical (unpaired) electrons. The van der Waals surface area contributed by atoms with Crippen LogP contribution in [0.4, 0.5) is 0 Å². The van der Waals surface area contributed by atoms with E-state index in [-0.39, 0.29) is 12.0 Å². The van der Waals surface area contributed by atoms with Gasteiger partial charge in [-0.15, -0.1) is 0 Å². The number of rotatable bonds is 3. The fourth-order valence-electron chi connectivity index (χ4n) is 2.60. The van der Waals surface area contributed by atoms with Gasteiger partial charge in [0, 0.05) is 11.6 Å². The maximum absolute atomic E-state index is 12.2. The van der Waals surface area contributed by atoms with Crippen molar-refractivity contribution in [1.82, 2.24) is 5.32 Å². The fourth-order valence-corrected chi connectivity index (χ4v) is 3.09. The Hall–Kier alpha value is -1.55. The highest BCUT2D eigenvalue weighted by Gasteiger charge is 2.21. The van der Waals surface area contributed by atoms with Crippen LogP contribution >= 0.6 is 23.2 Å². The highest BCUT2D eigenvalue weighted by atomic mass is 35.5. The Bertz CT molecular complexity index is 703. The highest BCUT2D eigenvalue weighted by Crippen LogP contribution is 2.26. The highest BCUT2D eigenvalue weighted by molar-refractivity contribution is 6.36. The zero-order valence-corrected chi connectivity index (χ0v) is 13.3. The number of carbonyl (C=O) groups excluding carboxylic acids is 1. The maximum atomic E-state index is 12.2. The monoisotopic (exact) mass is 335 g/mol. The van der Waals surface area contributed by atoms with Gasteiger partial charge in [0.2, 0.25) is 0 Å². The lowest BCUT2D eigenvalue weighted by molar-refractivity contribution is 0.0411. The smallest absolute Gasteiger partial charge is 0.252 e. The first-order valence-electron chi connectivity index (χ1n) is 7.08. The molecule has 1 aliphatic rings. The SMILES string of the molecule is O=C(NC[C@@H]1OCCc2ccccc21)c1ccc(Cl)cc1Cl. The van der Waals surface area contributed by atoms with E-state index in [0.29, 0.717) is 28.8 Å². The van der Waals surface area contributed by atoms with Gasteiger partial charge in [-0.25, -0.2) is 0 Å². The van der Waals surface area contributed by atoms with Crippen molar-refractivity contribution in [3.8, 4) is 0 Å². The minimum Gasteiger partial charge on any atom is -0.371 e. The number of amides is 1. The van der Waals surface area contributed by atoms with E-state index < -0.39 is 0 Å². The molecule has 0 spiro atoms. The zero-order chi connectivity index (χ0) is 15.5. The van der Waals surface area contributed by atoms with Crippen molar-refractivity contribution in [2.24, 2.45) is 0 Å². The number of halogens is 2. The largest absolute Gasteiger partial charge is 0.371 e. The quantitative estimate of drug-likeness (QED) is 0.919. The van der Waals surface area contributed by atoms with Crippen LogP contribution in [-0.4, -0.2) is 19.1 Å². The van der Waals surface area contributed by atoms with Crippen LogP contribution in [0.2, 0.25) is 10.0 Å². The van der Waals surface area contributed by atoms with Crippen molar-refractivity contribution in [3.63, 3.8) is 0 Å². The van der Waals surface area contributed by atoms with Crippen LogP contribution in [0, 0.1) is 0 Å². The van der Waals surface area contributed by atoms with E-state index in [4.69, 9.17) is 27.9 Å². The number of hydrogen-bond donors (Lipinski definition) is 1. The number of nitrogens with one attached hydrogen (secondary N) is 1. The molecule has 1 amide bonds. The molecule has 2 aromatic carbocycles. The van der Waals surface area contributed by atoms with E-state index in [1.165, 1.54) is 5.56 Å². The molecule has 1 N–H and O–H groups in total. The van der Waals surface area contributed by atoms with E-state index in [1.807, 2.05) is 18.2 Å². The molecule has 1 aliphatic heterocycles. The van der Waals surface area contributed by atoms with Crippen molar-refractivity contribution < 1.29 is 9.53 Å². The summed E-state index contributed by atoms with van der Waals surface area (Å²) in [7, 11) is 0. The molecule has 2 aromatic rings. The summed E-state index contributed by atoms with van der Waals surface area (Å²) in [4.78, 5) is 12.2. The molecule has 22 heavy (non-hydrogen) atoms. The van der Waals surface area contributed by atoms with E-state index >= 15 is 0 Å². The van der Waals surface area contributed by atoms with E-state index in [2.05, 4.69) is 11.4 Å². The van der Waals surface area contributed by atoms with Crippen LogP contribution in [-0.2, 0) is 11.2 Å². The molecule has 1 heterocycles. The lowest BCUT2D eigenvalue weighted by atomic mass is 9.97. The zero-order valence-electron chi connectivity index (χ0n) is 11.8. The molecule has 0 fully saturated rings. The Morgan fingerprint density at radius 1 is 1.23 bits per heavy atom. The van der Waals surface area contributed by atoms with Crippen LogP contribution < -0.4 is 5.32 Å². The number of ether oxygens (including phenoxy) is 1. The lowest BCUT2D eigenvalue weighted by Crippen LogP contribution is -2.32. The van der Waals surface area contributed by atoms with Gasteiger partial charge in [-0.2, -0.15) is 0 Å². The van der Waals surface area contributed by atoms with Crippen LogP contribution in [0.1, 0.15) is 27.6 Å². The Morgan fingerprint density at radius 2 is 2.05 bits per heavy atom. The van der Waals surface area contributed by atoms with Gasteiger partial charge in [0.25, 0.3) is 5.91 Å². The van der Waals surface area contributed by atoms with Gasteiger partial charge in [-0.05, 0) is 35.7 Å². The second kappa shape index (κ2) is 6.69. The van der Waals surface area contributed by atoms with Gasteiger partial charge in [-0.1, -0.05) is 47.5 Å². The summed E-state index contributed by atoms with van der Waals surface area (Å²) in [5.41, 5.74) is 2.82. The van der Waals surface area contributed by atoms with Crippen LogP contribution in [0.3, 0.4) is 0 Å². The van der Waals surface area contributed by atoms with Crippen LogP contribution in [0.15, 0.2) is 42.5 Å². The average molecular weight is 336 g/mol. The maximum Gasteiger partial charge on any atom is 0.252 e. The molecule has 3 nitrogen and oxygen atoms in total. The fraction of sp³-hybridized carbons (Fsp3) is 0.235. The first-order valence-corrected chi connectivity index (χ1v) is 7.83. The van der Waals surface area contributed by atoms with Gasteiger partial charge in [-0.3, -0.25) is 4.79 Å².